The SMILES string of the molecule is CC(CC(N)=NO)N(C)c1nccn(C2CC2)c1=O. The summed E-state index contributed by atoms with van der Waals surface area (Å²) in [5.41, 5.74) is 5.40. The second-order valence-electron chi connectivity index (χ2n) is 4.95. The van der Waals surface area contributed by atoms with Crippen LogP contribution in [-0.4, -0.2) is 33.7 Å². The summed E-state index contributed by atoms with van der Waals surface area (Å²) in [6.45, 7) is 1.90. The molecule has 3 N–H and O–H groups in total. The first kappa shape index (κ1) is 13.4. The number of rotatable bonds is 5. The lowest BCUT2D eigenvalue weighted by Gasteiger charge is -2.25. The van der Waals surface area contributed by atoms with Crippen LogP contribution in [0.3, 0.4) is 0 Å². The molecule has 7 heteroatoms. The summed E-state index contributed by atoms with van der Waals surface area (Å²) in [7, 11) is 1.79. The number of anilines is 1. The van der Waals surface area contributed by atoms with Gasteiger partial charge in [0.15, 0.2) is 5.82 Å². The van der Waals surface area contributed by atoms with Gasteiger partial charge in [-0.05, 0) is 19.8 Å². The third kappa shape index (κ3) is 2.86. The van der Waals surface area contributed by atoms with E-state index in [0.717, 1.165) is 12.8 Å². The van der Waals surface area contributed by atoms with Gasteiger partial charge in [0, 0.05) is 37.9 Å². The molecule has 2 rings (SSSR count). The topological polar surface area (TPSA) is 96.7 Å². The molecule has 104 valence electrons. The number of hydrogen-bond acceptors (Lipinski definition) is 5. The molecule has 0 saturated heterocycles. The summed E-state index contributed by atoms with van der Waals surface area (Å²) in [6, 6.07) is 0.244. The van der Waals surface area contributed by atoms with Crippen LogP contribution in [0.4, 0.5) is 5.82 Å². The molecule has 0 radical (unpaired) electrons. The van der Waals surface area contributed by atoms with Crippen LogP contribution < -0.4 is 16.2 Å². The summed E-state index contributed by atoms with van der Waals surface area (Å²) in [5.74, 6) is 0.533. The summed E-state index contributed by atoms with van der Waals surface area (Å²) >= 11 is 0. The molecule has 0 aromatic carbocycles. The van der Waals surface area contributed by atoms with Crippen LogP contribution >= 0.6 is 0 Å². The molecule has 19 heavy (non-hydrogen) atoms. The number of nitrogens with zero attached hydrogens (tertiary/aromatic N) is 4. The Balaban J connectivity index is 2.21. The highest BCUT2D eigenvalue weighted by molar-refractivity contribution is 5.80. The molecule has 1 unspecified atom stereocenters. The van der Waals surface area contributed by atoms with Crippen molar-refractivity contribution < 1.29 is 5.21 Å². The Hall–Kier alpha value is -2.05. The van der Waals surface area contributed by atoms with Crippen molar-refractivity contribution in [3.05, 3.63) is 22.7 Å². The van der Waals surface area contributed by atoms with E-state index in [1.54, 1.807) is 28.9 Å². The molecule has 0 amide bonds. The predicted octanol–water partition coefficient (Wildman–Crippen LogP) is 0.539. The summed E-state index contributed by atoms with van der Waals surface area (Å²) in [4.78, 5) is 18.2. The number of oxime groups is 1. The van der Waals surface area contributed by atoms with E-state index < -0.39 is 0 Å². The summed E-state index contributed by atoms with van der Waals surface area (Å²) in [5, 5.41) is 11.5. The van der Waals surface area contributed by atoms with Gasteiger partial charge in [-0.15, -0.1) is 0 Å². The van der Waals surface area contributed by atoms with E-state index in [2.05, 4.69) is 10.1 Å². The van der Waals surface area contributed by atoms with E-state index in [-0.39, 0.29) is 17.4 Å². The fourth-order valence-corrected chi connectivity index (χ4v) is 1.99. The van der Waals surface area contributed by atoms with E-state index in [9.17, 15) is 4.79 Å². The van der Waals surface area contributed by atoms with Gasteiger partial charge in [-0.3, -0.25) is 4.79 Å². The highest BCUT2D eigenvalue weighted by atomic mass is 16.4. The minimum atomic E-state index is -0.0844. The Morgan fingerprint density at radius 2 is 2.42 bits per heavy atom. The lowest BCUT2D eigenvalue weighted by atomic mass is 10.2. The molecule has 1 saturated carbocycles. The molecule has 1 fully saturated rings. The zero-order valence-electron chi connectivity index (χ0n) is 11.2. The van der Waals surface area contributed by atoms with Crippen molar-refractivity contribution in [1.82, 2.24) is 9.55 Å². The summed E-state index contributed by atoms with van der Waals surface area (Å²) < 4.78 is 1.73. The van der Waals surface area contributed by atoms with Crippen LogP contribution in [-0.2, 0) is 0 Å². The van der Waals surface area contributed by atoms with Crippen molar-refractivity contribution in [2.75, 3.05) is 11.9 Å². The van der Waals surface area contributed by atoms with Gasteiger partial charge < -0.3 is 20.4 Å². The molecule has 0 aliphatic heterocycles. The number of hydrogen-bond donors (Lipinski definition) is 2. The van der Waals surface area contributed by atoms with E-state index in [4.69, 9.17) is 10.9 Å². The first-order chi connectivity index (χ1) is 9.04. The Bertz CT molecular complexity index is 535. The molecule has 1 heterocycles. The van der Waals surface area contributed by atoms with Crippen LogP contribution in [0, 0.1) is 0 Å². The molecule has 7 nitrogen and oxygen atoms in total. The molecule has 0 bridgehead atoms. The van der Waals surface area contributed by atoms with Gasteiger partial charge in [0.2, 0.25) is 0 Å². The minimum absolute atomic E-state index is 0.0776. The van der Waals surface area contributed by atoms with Crippen LogP contribution in [0.2, 0.25) is 0 Å². The number of nitrogens with two attached hydrogens (primary N) is 1. The average molecular weight is 265 g/mol. The zero-order valence-corrected chi connectivity index (χ0v) is 11.2. The minimum Gasteiger partial charge on any atom is -0.409 e. The van der Waals surface area contributed by atoms with Crippen molar-refractivity contribution in [2.24, 2.45) is 10.9 Å². The molecule has 1 aromatic rings. The monoisotopic (exact) mass is 265 g/mol. The second-order valence-corrected chi connectivity index (χ2v) is 4.95. The second kappa shape index (κ2) is 5.29. The third-order valence-electron chi connectivity index (χ3n) is 3.42. The molecule has 1 atom stereocenters. The maximum absolute atomic E-state index is 12.3. The van der Waals surface area contributed by atoms with Gasteiger partial charge >= 0.3 is 0 Å². The van der Waals surface area contributed by atoms with E-state index in [0.29, 0.717) is 18.3 Å². The largest absolute Gasteiger partial charge is 0.409 e. The maximum Gasteiger partial charge on any atom is 0.293 e. The molecule has 1 aromatic heterocycles. The van der Waals surface area contributed by atoms with Gasteiger partial charge in [-0.25, -0.2) is 4.98 Å². The normalized spacial score (nSPS) is 17.3. The molecular weight excluding hydrogens is 246 g/mol. The number of amidine groups is 1. The van der Waals surface area contributed by atoms with E-state index >= 15 is 0 Å². The molecule has 0 spiro atoms. The van der Waals surface area contributed by atoms with E-state index in [1.165, 1.54) is 0 Å². The van der Waals surface area contributed by atoms with Crippen molar-refractivity contribution in [1.29, 1.82) is 0 Å². The van der Waals surface area contributed by atoms with Crippen LogP contribution in [0.5, 0.6) is 0 Å². The fourth-order valence-electron chi connectivity index (χ4n) is 1.99. The smallest absolute Gasteiger partial charge is 0.293 e. The van der Waals surface area contributed by atoms with Gasteiger partial charge in [-0.2, -0.15) is 0 Å². The Labute approximate surface area is 111 Å². The third-order valence-corrected chi connectivity index (χ3v) is 3.42. The average Bonchev–Trinajstić information content (AvgIpc) is 3.22. The lowest BCUT2D eigenvalue weighted by molar-refractivity contribution is 0.316. The van der Waals surface area contributed by atoms with Gasteiger partial charge in [0.1, 0.15) is 5.84 Å². The first-order valence-electron chi connectivity index (χ1n) is 6.31. The standard InChI is InChI=1S/C12H19N5O2/c1-8(7-10(13)15-19)16(2)11-12(18)17(6-5-14-11)9-3-4-9/h5-6,8-9,19H,3-4,7H2,1-2H3,(H2,13,15). The first-order valence-corrected chi connectivity index (χ1v) is 6.31. The Morgan fingerprint density at radius 1 is 1.74 bits per heavy atom. The fraction of sp³-hybridized carbons (Fsp3) is 0.583. The molecule has 1 aliphatic carbocycles. The zero-order chi connectivity index (χ0) is 14.0. The summed E-state index contributed by atoms with van der Waals surface area (Å²) in [6.07, 6.45) is 5.83. The van der Waals surface area contributed by atoms with Gasteiger partial charge in [-0.1, -0.05) is 5.16 Å². The highest BCUT2D eigenvalue weighted by Gasteiger charge is 2.26. The van der Waals surface area contributed by atoms with Crippen LogP contribution in [0.25, 0.3) is 0 Å². The van der Waals surface area contributed by atoms with Crippen molar-refractivity contribution in [3.8, 4) is 0 Å². The van der Waals surface area contributed by atoms with Crippen LogP contribution in [0.1, 0.15) is 32.2 Å². The number of aromatic nitrogens is 2. The van der Waals surface area contributed by atoms with Crippen molar-refractivity contribution in [3.63, 3.8) is 0 Å². The quantitative estimate of drug-likeness (QED) is 0.350. The molecule has 1 aliphatic rings. The van der Waals surface area contributed by atoms with Crippen molar-refractivity contribution >= 4 is 11.7 Å². The lowest BCUT2D eigenvalue weighted by Crippen LogP contribution is -2.38. The van der Waals surface area contributed by atoms with Gasteiger partial charge in [0.25, 0.3) is 5.56 Å². The molecular formula is C12H19N5O2. The Morgan fingerprint density at radius 3 is 3.00 bits per heavy atom. The van der Waals surface area contributed by atoms with Gasteiger partial charge in [0.05, 0.1) is 0 Å². The van der Waals surface area contributed by atoms with Crippen LogP contribution in [0.15, 0.2) is 22.3 Å². The van der Waals surface area contributed by atoms with E-state index in [1.807, 2.05) is 6.92 Å². The predicted molar refractivity (Wildman–Crippen MR) is 72.7 cm³/mol. The van der Waals surface area contributed by atoms with Crippen molar-refractivity contribution in [2.45, 2.75) is 38.3 Å². The highest BCUT2D eigenvalue weighted by Crippen LogP contribution is 2.33. The maximum atomic E-state index is 12.3. The Kier molecular flexibility index (Phi) is 3.73.